The standard InChI is InChI=1S/C19H27N3O4S/c1-15(2)27(24,25)21-9-8-16-4-5-18-13-19(7-6-17(18)12-16)26-11-10-22(14-23)20-3/h4-7,12-15,20-21H,8-11H2,1-3H3. The number of hydrazine groups is 1. The molecule has 2 aromatic carbocycles. The van der Waals surface area contributed by atoms with Gasteiger partial charge >= 0.3 is 0 Å². The minimum absolute atomic E-state index is 0.381. The lowest BCUT2D eigenvalue weighted by atomic mass is 10.0. The highest BCUT2D eigenvalue weighted by molar-refractivity contribution is 7.90. The molecule has 8 heteroatoms. The Morgan fingerprint density at radius 3 is 2.52 bits per heavy atom. The first-order valence-electron chi connectivity index (χ1n) is 8.89. The number of fused-ring (bicyclic) bond motifs is 1. The molecule has 2 N–H and O–H groups in total. The molecular formula is C19H27N3O4S. The van der Waals surface area contributed by atoms with Crippen LogP contribution >= 0.6 is 0 Å². The van der Waals surface area contributed by atoms with Gasteiger partial charge in [-0.1, -0.05) is 24.3 Å². The zero-order valence-electron chi connectivity index (χ0n) is 15.9. The van der Waals surface area contributed by atoms with Crippen LogP contribution in [-0.4, -0.2) is 51.8 Å². The molecule has 0 aliphatic rings. The molecule has 0 aliphatic carbocycles. The van der Waals surface area contributed by atoms with Gasteiger partial charge in [-0.3, -0.25) is 9.80 Å². The van der Waals surface area contributed by atoms with Crippen LogP contribution in [0, 0.1) is 0 Å². The maximum atomic E-state index is 11.8. The highest BCUT2D eigenvalue weighted by Gasteiger charge is 2.14. The molecular weight excluding hydrogens is 366 g/mol. The molecule has 7 nitrogen and oxygen atoms in total. The van der Waals surface area contributed by atoms with Gasteiger partial charge in [-0.2, -0.15) is 0 Å². The normalized spacial score (nSPS) is 11.7. The molecule has 0 saturated carbocycles. The van der Waals surface area contributed by atoms with Gasteiger partial charge < -0.3 is 4.74 Å². The first-order chi connectivity index (χ1) is 12.9. The molecule has 2 rings (SSSR count). The van der Waals surface area contributed by atoms with Crippen molar-refractivity contribution in [3.05, 3.63) is 42.0 Å². The second-order valence-corrected chi connectivity index (χ2v) is 8.77. The zero-order valence-corrected chi connectivity index (χ0v) is 16.8. The van der Waals surface area contributed by atoms with Gasteiger partial charge in [-0.05, 0) is 48.7 Å². The van der Waals surface area contributed by atoms with E-state index in [1.54, 1.807) is 20.9 Å². The van der Waals surface area contributed by atoms with Gasteiger partial charge in [0.1, 0.15) is 12.4 Å². The van der Waals surface area contributed by atoms with Crippen LogP contribution in [-0.2, 0) is 21.2 Å². The predicted octanol–water partition coefficient (Wildman–Crippen LogP) is 1.68. The van der Waals surface area contributed by atoms with Crippen molar-refractivity contribution in [2.24, 2.45) is 0 Å². The smallest absolute Gasteiger partial charge is 0.223 e. The van der Waals surface area contributed by atoms with Crippen molar-refractivity contribution in [1.29, 1.82) is 0 Å². The lowest BCUT2D eigenvalue weighted by molar-refractivity contribution is -0.120. The number of nitrogens with zero attached hydrogens (tertiary/aromatic N) is 1. The molecule has 0 atom stereocenters. The van der Waals surface area contributed by atoms with Gasteiger partial charge in [0, 0.05) is 13.6 Å². The molecule has 0 spiro atoms. The molecule has 0 fully saturated rings. The first kappa shape index (κ1) is 21.1. The summed E-state index contributed by atoms with van der Waals surface area (Å²) in [4.78, 5) is 10.7. The van der Waals surface area contributed by atoms with E-state index >= 15 is 0 Å². The number of rotatable bonds is 11. The van der Waals surface area contributed by atoms with Crippen molar-refractivity contribution in [3.8, 4) is 5.75 Å². The Kier molecular flexibility index (Phi) is 7.58. The van der Waals surface area contributed by atoms with Crippen LogP contribution in [0.4, 0.5) is 0 Å². The second kappa shape index (κ2) is 9.68. The van der Waals surface area contributed by atoms with Crippen molar-refractivity contribution >= 4 is 27.2 Å². The summed E-state index contributed by atoms with van der Waals surface area (Å²) in [6.07, 6.45) is 1.35. The number of carbonyl (C=O) groups excluding carboxylic acids is 1. The number of amides is 1. The Morgan fingerprint density at radius 2 is 1.85 bits per heavy atom. The second-order valence-electron chi connectivity index (χ2n) is 6.45. The number of ether oxygens (including phenoxy) is 1. The summed E-state index contributed by atoms with van der Waals surface area (Å²) in [6.45, 7) is 4.54. The minimum atomic E-state index is -3.23. The lowest BCUT2D eigenvalue weighted by Crippen LogP contribution is -2.36. The summed E-state index contributed by atoms with van der Waals surface area (Å²) in [6, 6.07) is 11.9. The van der Waals surface area contributed by atoms with E-state index < -0.39 is 15.3 Å². The summed E-state index contributed by atoms with van der Waals surface area (Å²) in [5.41, 5.74) is 3.82. The fraction of sp³-hybridized carbons (Fsp3) is 0.421. The molecule has 27 heavy (non-hydrogen) atoms. The maximum absolute atomic E-state index is 11.8. The fourth-order valence-electron chi connectivity index (χ4n) is 2.50. The Hall–Kier alpha value is -2.16. The molecule has 0 heterocycles. The van der Waals surface area contributed by atoms with Gasteiger partial charge in [0.05, 0.1) is 11.8 Å². The topological polar surface area (TPSA) is 87.7 Å². The van der Waals surface area contributed by atoms with Crippen LogP contribution in [0.2, 0.25) is 0 Å². The first-order valence-corrected chi connectivity index (χ1v) is 10.4. The number of benzene rings is 2. The van der Waals surface area contributed by atoms with E-state index in [1.807, 2.05) is 30.3 Å². The number of hydrogen-bond donors (Lipinski definition) is 2. The predicted molar refractivity (Wildman–Crippen MR) is 107 cm³/mol. The monoisotopic (exact) mass is 393 g/mol. The minimum Gasteiger partial charge on any atom is -0.492 e. The number of sulfonamides is 1. The summed E-state index contributed by atoms with van der Waals surface area (Å²) in [7, 11) is -1.56. The molecule has 148 valence electrons. The Balaban J connectivity index is 1.95. The van der Waals surface area contributed by atoms with Crippen LogP contribution in [0.15, 0.2) is 36.4 Å². The van der Waals surface area contributed by atoms with Gasteiger partial charge in [0.15, 0.2) is 0 Å². The van der Waals surface area contributed by atoms with Crippen LogP contribution in [0.5, 0.6) is 5.75 Å². The molecule has 0 radical (unpaired) electrons. The van der Waals surface area contributed by atoms with E-state index in [9.17, 15) is 13.2 Å². The van der Waals surface area contributed by atoms with E-state index in [0.717, 1.165) is 22.1 Å². The largest absolute Gasteiger partial charge is 0.492 e. The molecule has 1 amide bonds. The van der Waals surface area contributed by atoms with Crippen molar-refractivity contribution < 1.29 is 17.9 Å². The summed E-state index contributed by atoms with van der Waals surface area (Å²) < 4.78 is 31.9. The molecule has 0 saturated heterocycles. The van der Waals surface area contributed by atoms with Crippen LogP contribution in [0.3, 0.4) is 0 Å². The van der Waals surface area contributed by atoms with Crippen molar-refractivity contribution in [1.82, 2.24) is 15.2 Å². The number of nitrogens with one attached hydrogen (secondary N) is 2. The molecule has 0 unspecified atom stereocenters. The van der Waals surface area contributed by atoms with Crippen LogP contribution < -0.4 is 14.9 Å². The molecule has 0 bridgehead atoms. The molecule has 0 aliphatic heterocycles. The van der Waals surface area contributed by atoms with E-state index in [1.165, 1.54) is 5.01 Å². The molecule has 2 aromatic rings. The quantitative estimate of drug-likeness (QED) is 0.448. The van der Waals surface area contributed by atoms with E-state index in [0.29, 0.717) is 32.5 Å². The van der Waals surface area contributed by atoms with Gasteiger partial charge in [0.2, 0.25) is 16.4 Å². The highest BCUT2D eigenvalue weighted by Crippen LogP contribution is 2.22. The number of carbonyl (C=O) groups is 1. The van der Waals surface area contributed by atoms with E-state index in [2.05, 4.69) is 16.2 Å². The third-order valence-electron chi connectivity index (χ3n) is 4.23. The number of hydrogen-bond acceptors (Lipinski definition) is 5. The van der Waals surface area contributed by atoms with Crippen LogP contribution in [0.1, 0.15) is 19.4 Å². The Bertz CT molecular complexity index is 868. The van der Waals surface area contributed by atoms with Gasteiger partial charge in [-0.15, -0.1) is 0 Å². The third kappa shape index (κ3) is 6.20. The van der Waals surface area contributed by atoms with E-state index in [4.69, 9.17) is 4.74 Å². The van der Waals surface area contributed by atoms with Gasteiger partial charge in [-0.25, -0.2) is 18.6 Å². The lowest BCUT2D eigenvalue weighted by Gasteiger charge is -2.15. The SMILES string of the molecule is CNN(C=O)CCOc1ccc2cc(CCNS(=O)(=O)C(C)C)ccc2c1. The van der Waals surface area contributed by atoms with Gasteiger partial charge in [0.25, 0.3) is 0 Å². The summed E-state index contributed by atoms with van der Waals surface area (Å²) >= 11 is 0. The average molecular weight is 394 g/mol. The van der Waals surface area contributed by atoms with Crippen LogP contribution in [0.25, 0.3) is 10.8 Å². The maximum Gasteiger partial charge on any atom is 0.223 e. The van der Waals surface area contributed by atoms with Crippen molar-refractivity contribution in [2.45, 2.75) is 25.5 Å². The average Bonchev–Trinajstić information content (AvgIpc) is 2.65. The third-order valence-corrected chi connectivity index (χ3v) is 6.08. The van der Waals surface area contributed by atoms with Crippen molar-refractivity contribution in [2.75, 3.05) is 26.7 Å². The summed E-state index contributed by atoms with van der Waals surface area (Å²) in [5.74, 6) is 0.738. The highest BCUT2D eigenvalue weighted by atomic mass is 32.2. The molecule has 0 aromatic heterocycles. The summed E-state index contributed by atoms with van der Waals surface area (Å²) in [5, 5.41) is 3.08. The zero-order chi connectivity index (χ0) is 19.9. The van der Waals surface area contributed by atoms with Crippen molar-refractivity contribution in [3.63, 3.8) is 0 Å². The Morgan fingerprint density at radius 1 is 1.15 bits per heavy atom. The van der Waals surface area contributed by atoms with E-state index in [-0.39, 0.29) is 0 Å². The fourth-order valence-corrected chi connectivity index (χ4v) is 3.22. The Labute approximate surface area is 160 Å².